The van der Waals surface area contributed by atoms with E-state index in [-0.39, 0.29) is 47.2 Å². The SMILES string of the molecule is CCN1C[C@]2(COC)CC[C@H](O)[C@@]34[C@@H]5C[C@H]6[C@H](OC(C)=O)[C@@H]5[C@](OC)(C[C@@H]6OC)[C@@](O)([C@@H](OC)[C@H]23)[C@@H]14. The van der Waals surface area contributed by atoms with Gasteiger partial charge in [0, 0.05) is 76.9 Å². The van der Waals surface area contributed by atoms with Crippen molar-refractivity contribution in [3.63, 3.8) is 0 Å². The van der Waals surface area contributed by atoms with Gasteiger partial charge in [-0.05, 0) is 31.7 Å². The molecule has 5 saturated carbocycles. The molecule has 0 amide bonds. The molecule has 0 radical (unpaired) electrons. The predicted molar refractivity (Wildman–Crippen MR) is 128 cm³/mol. The van der Waals surface area contributed by atoms with Crippen molar-refractivity contribution >= 4 is 5.97 Å². The third kappa shape index (κ3) is 2.50. The van der Waals surface area contributed by atoms with E-state index in [1.54, 1.807) is 28.4 Å². The summed E-state index contributed by atoms with van der Waals surface area (Å²) in [5, 5.41) is 25.4. The van der Waals surface area contributed by atoms with Crippen LogP contribution in [0.15, 0.2) is 0 Å². The van der Waals surface area contributed by atoms with Gasteiger partial charge >= 0.3 is 5.97 Å². The average molecular weight is 510 g/mol. The molecule has 36 heavy (non-hydrogen) atoms. The van der Waals surface area contributed by atoms with E-state index >= 15 is 0 Å². The molecule has 6 aliphatic rings. The van der Waals surface area contributed by atoms with E-state index in [0.29, 0.717) is 19.4 Å². The summed E-state index contributed by atoms with van der Waals surface area (Å²) in [5.74, 6) is -0.764. The third-order valence-corrected chi connectivity index (χ3v) is 11.8. The van der Waals surface area contributed by atoms with Crippen LogP contribution in [0.4, 0.5) is 0 Å². The molecule has 1 saturated heterocycles. The number of fused-ring (bicyclic) bond motifs is 2. The van der Waals surface area contributed by atoms with Crippen molar-refractivity contribution < 1.29 is 38.7 Å². The van der Waals surface area contributed by atoms with Crippen LogP contribution in [-0.2, 0) is 28.5 Å². The molecular weight excluding hydrogens is 466 g/mol. The molecule has 6 rings (SSSR count). The van der Waals surface area contributed by atoms with Crippen LogP contribution in [0.3, 0.4) is 0 Å². The van der Waals surface area contributed by atoms with E-state index < -0.39 is 34.9 Å². The number of likely N-dealkylation sites (tertiary alicyclic amines) is 1. The van der Waals surface area contributed by atoms with E-state index in [0.717, 1.165) is 25.9 Å². The molecule has 1 heterocycles. The Morgan fingerprint density at radius 3 is 2.50 bits per heavy atom. The minimum atomic E-state index is -1.44. The first-order valence-electron chi connectivity index (χ1n) is 13.6. The Morgan fingerprint density at radius 1 is 1.17 bits per heavy atom. The maximum absolute atomic E-state index is 13.3. The van der Waals surface area contributed by atoms with E-state index in [2.05, 4.69) is 11.8 Å². The molecule has 9 nitrogen and oxygen atoms in total. The highest BCUT2D eigenvalue weighted by Crippen LogP contribution is 2.80. The van der Waals surface area contributed by atoms with Gasteiger partial charge in [0.2, 0.25) is 0 Å². The summed E-state index contributed by atoms with van der Waals surface area (Å²) >= 11 is 0. The zero-order valence-electron chi connectivity index (χ0n) is 22.4. The molecule has 0 aromatic rings. The van der Waals surface area contributed by atoms with Crippen molar-refractivity contribution in [2.24, 2.45) is 34.5 Å². The number of piperidine rings is 1. The zero-order valence-corrected chi connectivity index (χ0v) is 22.4. The average Bonchev–Trinajstić information content (AvgIpc) is 3.22. The summed E-state index contributed by atoms with van der Waals surface area (Å²) < 4.78 is 30.8. The summed E-state index contributed by atoms with van der Waals surface area (Å²) in [6.07, 6.45) is 0.828. The highest BCUT2D eigenvalue weighted by molar-refractivity contribution is 5.66. The molecule has 9 heteroatoms. The number of aliphatic hydroxyl groups excluding tert-OH is 1. The Bertz CT molecular complexity index is 918. The lowest BCUT2D eigenvalue weighted by Gasteiger charge is -2.70. The fourth-order valence-corrected chi connectivity index (χ4v) is 11.4. The zero-order chi connectivity index (χ0) is 25.8. The van der Waals surface area contributed by atoms with E-state index in [1.807, 2.05) is 0 Å². The minimum Gasteiger partial charge on any atom is -0.462 e. The summed E-state index contributed by atoms with van der Waals surface area (Å²) in [6.45, 7) is 5.63. The maximum atomic E-state index is 13.3. The number of carbonyl (C=O) groups is 1. The second-order valence-electron chi connectivity index (χ2n) is 12.5. The fourth-order valence-electron chi connectivity index (χ4n) is 11.4. The molecular formula is C27H43NO8. The first-order valence-corrected chi connectivity index (χ1v) is 13.6. The van der Waals surface area contributed by atoms with Gasteiger partial charge < -0.3 is 33.9 Å². The van der Waals surface area contributed by atoms with Crippen LogP contribution < -0.4 is 0 Å². The molecule has 13 atom stereocenters. The van der Waals surface area contributed by atoms with Crippen LogP contribution in [-0.4, -0.2) is 111 Å². The van der Waals surface area contributed by atoms with Crippen molar-refractivity contribution in [2.45, 2.75) is 81.2 Å². The van der Waals surface area contributed by atoms with Crippen molar-refractivity contribution in [3.8, 4) is 0 Å². The van der Waals surface area contributed by atoms with Gasteiger partial charge in [-0.15, -0.1) is 0 Å². The number of carbonyl (C=O) groups excluding carboxylic acids is 1. The van der Waals surface area contributed by atoms with Crippen molar-refractivity contribution in [2.75, 3.05) is 48.1 Å². The van der Waals surface area contributed by atoms with E-state index in [1.165, 1.54) is 6.92 Å². The number of aliphatic hydroxyl groups is 2. The number of esters is 1. The number of ether oxygens (including phenoxy) is 5. The van der Waals surface area contributed by atoms with Crippen LogP contribution in [0.1, 0.15) is 39.5 Å². The first kappa shape index (κ1) is 25.5. The normalized spacial score (nSPS) is 56.6. The molecule has 2 N–H and O–H groups in total. The van der Waals surface area contributed by atoms with Gasteiger partial charge in [0.1, 0.15) is 17.3 Å². The molecule has 1 spiro atoms. The number of rotatable bonds is 7. The van der Waals surface area contributed by atoms with Gasteiger partial charge in [0.15, 0.2) is 0 Å². The Balaban J connectivity index is 1.67. The molecule has 6 fully saturated rings. The molecule has 204 valence electrons. The number of likely N-dealkylation sites (N-methyl/N-ethyl adjacent to an activating group) is 1. The maximum Gasteiger partial charge on any atom is 0.302 e. The summed E-state index contributed by atoms with van der Waals surface area (Å²) in [4.78, 5) is 14.7. The van der Waals surface area contributed by atoms with Crippen molar-refractivity contribution in [1.82, 2.24) is 4.90 Å². The van der Waals surface area contributed by atoms with Gasteiger partial charge in [0.05, 0.1) is 31.0 Å². The monoisotopic (exact) mass is 509 g/mol. The van der Waals surface area contributed by atoms with Crippen molar-refractivity contribution in [1.29, 1.82) is 0 Å². The Hall–Kier alpha value is -0.810. The Morgan fingerprint density at radius 2 is 1.92 bits per heavy atom. The van der Waals surface area contributed by atoms with Gasteiger partial charge in [-0.2, -0.15) is 0 Å². The molecule has 5 aliphatic carbocycles. The lowest BCUT2D eigenvalue weighted by molar-refractivity contribution is -0.324. The van der Waals surface area contributed by atoms with E-state index in [4.69, 9.17) is 23.7 Å². The lowest BCUT2D eigenvalue weighted by Crippen LogP contribution is -2.82. The highest BCUT2D eigenvalue weighted by atomic mass is 16.6. The Labute approximate surface area is 213 Å². The van der Waals surface area contributed by atoms with Crippen LogP contribution >= 0.6 is 0 Å². The smallest absolute Gasteiger partial charge is 0.302 e. The number of hydrogen-bond donors (Lipinski definition) is 2. The third-order valence-electron chi connectivity index (χ3n) is 11.8. The van der Waals surface area contributed by atoms with Crippen LogP contribution in [0.2, 0.25) is 0 Å². The summed E-state index contributed by atoms with van der Waals surface area (Å²) in [7, 11) is 6.77. The molecule has 0 aromatic carbocycles. The molecule has 7 bridgehead atoms. The first-order chi connectivity index (χ1) is 17.2. The number of nitrogens with zero attached hydrogens (tertiary/aromatic N) is 1. The Kier molecular flexibility index (Phi) is 5.73. The largest absolute Gasteiger partial charge is 0.462 e. The highest BCUT2D eigenvalue weighted by Gasteiger charge is 2.92. The second-order valence-corrected chi connectivity index (χ2v) is 12.5. The summed E-state index contributed by atoms with van der Waals surface area (Å²) in [5.41, 5.74) is -3.41. The van der Waals surface area contributed by atoms with E-state index in [9.17, 15) is 15.0 Å². The molecule has 0 unspecified atom stereocenters. The predicted octanol–water partition coefficient (Wildman–Crippen LogP) is 0.842. The van der Waals surface area contributed by atoms with Crippen LogP contribution in [0, 0.1) is 34.5 Å². The fraction of sp³-hybridized carbons (Fsp3) is 0.963. The second kappa shape index (κ2) is 8.10. The van der Waals surface area contributed by atoms with Crippen LogP contribution in [0.25, 0.3) is 0 Å². The standard InChI is InChI=1S/C27H43NO8/c1-7-28-12-24(13-32-3)9-8-18(30)26-16-10-15-17(33-4)11-25(35-6,19(16)20(15)36-14(2)29)27(31,23(26)28)22(34-5)21(24)26/h15-23,30-31H,7-13H2,1-6H3/t15-,16-,17+,18+,19-,20+,21-,22+,23+,24+,25-,26+,27-/m1/s1. The lowest BCUT2D eigenvalue weighted by atomic mass is 9.42. The quantitative estimate of drug-likeness (QED) is 0.483. The topological polar surface area (TPSA) is 107 Å². The molecule has 1 aliphatic heterocycles. The van der Waals surface area contributed by atoms with Gasteiger partial charge in [0.25, 0.3) is 0 Å². The minimum absolute atomic E-state index is 0.0164. The summed E-state index contributed by atoms with van der Waals surface area (Å²) in [6, 6.07) is -0.348. The van der Waals surface area contributed by atoms with Gasteiger partial charge in [-0.3, -0.25) is 9.69 Å². The number of hydrogen-bond acceptors (Lipinski definition) is 9. The van der Waals surface area contributed by atoms with Gasteiger partial charge in [-0.25, -0.2) is 0 Å². The molecule has 0 aromatic heterocycles. The van der Waals surface area contributed by atoms with Gasteiger partial charge in [-0.1, -0.05) is 6.92 Å². The van der Waals surface area contributed by atoms with Crippen molar-refractivity contribution in [3.05, 3.63) is 0 Å². The number of methoxy groups -OCH3 is 4. The van der Waals surface area contributed by atoms with Crippen LogP contribution in [0.5, 0.6) is 0 Å².